The highest BCUT2D eigenvalue weighted by Crippen LogP contribution is 2.21. The number of urea groups is 1. The zero-order valence-electron chi connectivity index (χ0n) is 12.3. The van der Waals surface area contributed by atoms with Gasteiger partial charge in [0.05, 0.1) is 13.5 Å². The molecule has 1 aromatic rings. The van der Waals surface area contributed by atoms with E-state index in [4.69, 9.17) is 9.84 Å². The Labute approximate surface area is 123 Å². The highest BCUT2D eigenvalue weighted by atomic mass is 16.5. The highest BCUT2D eigenvalue weighted by Gasteiger charge is 2.33. The largest absolute Gasteiger partial charge is 0.497 e. The molecule has 1 fully saturated rings. The van der Waals surface area contributed by atoms with Crippen LogP contribution in [0.15, 0.2) is 24.3 Å². The average molecular weight is 292 g/mol. The number of amides is 2. The zero-order valence-corrected chi connectivity index (χ0v) is 12.3. The normalized spacial score (nSPS) is 14.5. The van der Waals surface area contributed by atoms with Crippen molar-refractivity contribution in [3.63, 3.8) is 0 Å². The van der Waals surface area contributed by atoms with E-state index >= 15 is 0 Å². The number of rotatable bonds is 5. The molecule has 0 aromatic heterocycles. The molecule has 0 spiro atoms. The molecule has 0 bridgehead atoms. The van der Waals surface area contributed by atoms with Crippen LogP contribution < -0.4 is 4.74 Å². The molecular weight excluding hydrogens is 272 g/mol. The van der Waals surface area contributed by atoms with Gasteiger partial charge in [0, 0.05) is 32.6 Å². The van der Waals surface area contributed by atoms with E-state index in [0.29, 0.717) is 19.6 Å². The third kappa shape index (κ3) is 3.87. The lowest BCUT2D eigenvalue weighted by molar-refractivity contribution is -0.139. The Bertz CT molecular complexity index is 509. The third-order valence-electron chi connectivity index (χ3n) is 3.60. The minimum atomic E-state index is -0.807. The molecule has 2 rings (SSSR count). The SMILES string of the molecule is COc1ccc(CN(C)C(=O)N2CC(CC(=O)O)C2)cc1. The Morgan fingerprint density at radius 2 is 1.95 bits per heavy atom. The first-order chi connectivity index (χ1) is 9.99. The maximum absolute atomic E-state index is 12.2. The average Bonchev–Trinajstić information content (AvgIpc) is 2.42. The van der Waals surface area contributed by atoms with Crippen molar-refractivity contribution in [3.8, 4) is 5.75 Å². The molecule has 1 aliphatic rings. The molecule has 1 aromatic carbocycles. The Morgan fingerprint density at radius 3 is 2.48 bits per heavy atom. The third-order valence-corrected chi connectivity index (χ3v) is 3.60. The monoisotopic (exact) mass is 292 g/mol. The van der Waals surface area contributed by atoms with E-state index in [1.165, 1.54) is 0 Å². The number of carbonyl (C=O) groups excluding carboxylic acids is 1. The van der Waals surface area contributed by atoms with Crippen LogP contribution in [0.2, 0.25) is 0 Å². The number of hydrogen-bond acceptors (Lipinski definition) is 3. The molecule has 1 heterocycles. The van der Waals surface area contributed by atoms with Crippen LogP contribution in [0.1, 0.15) is 12.0 Å². The molecule has 21 heavy (non-hydrogen) atoms. The van der Waals surface area contributed by atoms with Crippen molar-refractivity contribution in [3.05, 3.63) is 29.8 Å². The van der Waals surface area contributed by atoms with Crippen molar-refractivity contribution in [2.45, 2.75) is 13.0 Å². The number of nitrogens with zero attached hydrogens (tertiary/aromatic N) is 2. The Balaban J connectivity index is 1.81. The summed E-state index contributed by atoms with van der Waals surface area (Å²) in [5.74, 6) is 0.0616. The number of carbonyl (C=O) groups is 2. The summed E-state index contributed by atoms with van der Waals surface area (Å²) in [4.78, 5) is 26.1. The second-order valence-electron chi connectivity index (χ2n) is 5.36. The number of hydrogen-bond donors (Lipinski definition) is 1. The predicted molar refractivity (Wildman–Crippen MR) is 77.2 cm³/mol. The van der Waals surface area contributed by atoms with Gasteiger partial charge in [-0.15, -0.1) is 0 Å². The molecule has 1 N–H and O–H groups in total. The highest BCUT2D eigenvalue weighted by molar-refractivity contribution is 5.75. The quantitative estimate of drug-likeness (QED) is 0.896. The fourth-order valence-electron chi connectivity index (χ4n) is 2.42. The van der Waals surface area contributed by atoms with Gasteiger partial charge in [0.1, 0.15) is 5.75 Å². The van der Waals surface area contributed by atoms with Crippen LogP contribution in [0.3, 0.4) is 0 Å². The van der Waals surface area contributed by atoms with Crippen molar-refractivity contribution in [2.75, 3.05) is 27.2 Å². The fraction of sp³-hybridized carbons (Fsp3) is 0.467. The minimum absolute atomic E-state index is 0.0625. The summed E-state index contributed by atoms with van der Waals surface area (Å²) in [7, 11) is 3.36. The van der Waals surface area contributed by atoms with Crippen LogP contribution in [0.4, 0.5) is 4.79 Å². The Hall–Kier alpha value is -2.24. The van der Waals surface area contributed by atoms with E-state index in [0.717, 1.165) is 11.3 Å². The summed E-state index contributed by atoms with van der Waals surface area (Å²) in [5.41, 5.74) is 1.02. The Kier molecular flexibility index (Phi) is 4.67. The summed E-state index contributed by atoms with van der Waals surface area (Å²) in [6.45, 7) is 1.57. The fourth-order valence-corrected chi connectivity index (χ4v) is 2.42. The number of ether oxygens (including phenoxy) is 1. The van der Waals surface area contributed by atoms with Crippen LogP contribution in [0.5, 0.6) is 5.75 Å². The molecular formula is C15H20N2O4. The van der Waals surface area contributed by atoms with Gasteiger partial charge in [-0.2, -0.15) is 0 Å². The van der Waals surface area contributed by atoms with Gasteiger partial charge in [-0.1, -0.05) is 12.1 Å². The summed E-state index contributed by atoms with van der Waals surface area (Å²) < 4.78 is 5.09. The lowest BCUT2D eigenvalue weighted by atomic mass is 9.97. The summed E-state index contributed by atoms with van der Waals surface area (Å²) >= 11 is 0. The lowest BCUT2D eigenvalue weighted by Gasteiger charge is -2.40. The molecule has 114 valence electrons. The summed E-state index contributed by atoms with van der Waals surface area (Å²) in [6, 6.07) is 7.51. The van der Waals surface area contributed by atoms with Crippen molar-refractivity contribution in [2.24, 2.45) is 5.92 Å². The van der Waals surface area contributed by atoms with Gasteiger partial charge in [0.15, 0.2) is 0 Å². The van der Waals surface area contributed by atoms with Crippen molar-refractivity contribution in [1.29, 1.82) is 0 Å². The maximum Gasteiger partial charge on any atom is 0.320 e. The van der Waals surface area contributed by atoms with Gasteiger partial charge in [-0.3, -0.25) is 4.79 Å². The van der Waals surface area contributed by atoms with Crippen LogP contribution in [-0.2, 0) is 11.3 Å². The molecule has 0 aliphatic carbocycles. The number of benzene rings is 1. The van der Waals surface area contributed by atoms with E-state index < -0.39 is 5.97 Å². The zero-order chi connectivity index (χ0) is 15.4. The predicted octanol–water partition coefficient (Wildman–Crippen LogP) is 1.65. The second kappa shape index (κ2) is 6.47. The van der Waals surface area contributed by atoms with Crippen molar-refractivity contribution in [1.82, 2.24) is 9.80 Å². The molecule has 2 amide bonds. The van der Waals surface area contributed by atoms with Crippen LogP contribution in [0.25, 0.3) is 0 Å². The van der Waals surface area contributed by atoms with E-state index in [1.54, 1.807) is 24.0 Å². The topological polar surface area (TPSA) is 70.1 Å². The van der Waals surface area contributed by atoms with E-state index in [2.05, 4.69) is 0 Å². The van der Waals surface area contributed by atoms with Crippen LogP contribution in [-0.4, -0.2) is 54.2 Å². The van der Waals surface area contributed by atoms with Gasteiger partial charge in [0.2, 0.25) is 0 Å². The standard InChI is InChI=1S/C15H20N2O4/c1-16(8-11-3-5-13(21-2)6-4-11)15(20)17-9-12(10-17)7-14(18)19/h3-6,12H,7-10H2,1-2H3,(H,18,19). The number of carboxylic acid groups (broad SMARTS) is 1. The number of aliphatic carboxylic acids is 1. The number of methoxy groups -OCH3 is 1. The number of likely N-dealkylation sites (tertiary alicyclic amines) is 1. The lowest BCUT2D eigenvalue weighted by Crippen LogP contribution is -2.54. The van der Waals surface area contributed by atoms with Gasteiger partial charge in [0.25, 0.3) is 0 Å². The van der Waals surface area contributed by atoms with Crippen LogP contribution >= 0.6 is 0 Å². The smallest absolute Gasteiger partial charge is 0.320 e. The first kappa shape index (κ1) is 15.2. The molecule has 1 saturated heterocycles. The van der Waals surface area contributed by atoms with E-state index in [9.17, 15) is 9.59 Å². The summed E-state index contributed by atoms with van der Waals surface area (Å²) in [6.07, 6.45) is 0.131. The first-order valence-corrected chi connectivity index (χ1v) is 6.84. The second-order valence-corrected chi connectivity index (χ2v) is 5.36. The maximum atomic E-state index is 12.2. The molecule has 0 unspecified atom stereocenters. The molecule has 6 heteroatoms. The molecule has 0 saturated carbocycles. The van der Waals surface area contributed by atoms with E-state index in [-0.39, 0.29) is 18.4 Å². The molecule has 6 nitrogen and oxygen atoms in total. The van der Waals surface area contributed by atoms with Gasteiger partial charge in [-0.05, 0) is 17.7 Å². The van der Waals surface area contributed by atoms with Crippen LogP contribution in [0, 0.1) is 5.92 Å². The van der Waals surface area contributed by atoms with Gasteiger partial charge < -0.3 is 19.6 Å². The molecule has 0 radical (unpaired) electrons. The molecule has 1 aliphatic heterocycles. The molecule has 0 atom stereocenters. The first-order valence-electron chi connectivity index (χ1n) is 6.84. The van der Waals surface area contributed by atoms with Gasteiger partial charge >= 0.3 is 12.0 Å². The van der Waals surface area contributed by atoms with Crippen molar-refractivity contribution < 1.29 is 19.4 Å². The van der Waals surface area contributed by atoms with E-state index in [1.807, 2.05) is 24.3 Å². The Morgan fingerprint density at radius 1 is 1.33 bits per heavy atom. The number of carboxylic acids is 1. The van der Waals surface area contributed by atoms with Gasteiger partial charge in [-0.25, -0.2) is 4.79 Å². The van der Waals surface area contributed by atoms with Crippen molar-refractivity contribution >= 4 is 12.0 Å². The minimum Gasteiger partial charge on any atom is -0.497 e. The summed E-state index contributed by atoms with van der Waals surface area (Å²) in [5, 5.41) is 8.70.